The minimum Gasteiger partial charge on any atom is -0.357 e. The summed E-state index contributed by atoms with van der Waals surface area (Å²) in [6.07, 6.45) is 1.55. The highest BCUT2D eigenvalue weighted by atomic mass is 79.9. The van der Waals surface area contributed by atoms with E-state index in [0.717, 1.165) is 0 Å². The smallest absolute Gasteiger partial charge is 0.267 e. The van der Waals surface area contributed by atoms with Gasteiger partial charge in [0.15, 0.2) is 0 Å². The fourth-order valence-electron chi connectivity index (χ4n) is 0.731. The summed E-state index contributed by atoms with van der Waals surface area (Å²) in [7, 11) is 0. The van der Waals surface area contributed by atoms with E-state index in [1.807, 2.05) is 0 Å². The average Bonchev–Trinajstić information content (AvgIpc) is 2.34. The van der Waals surface area contributed by atoms with Crippen molar-refractivity contribution >= 4 is 21.7 Å². The molecule has 64 valence electrons. The van der Waals surface area contributed by atoms with Crippen molar-refractivity contribution in [2.24, 2.45) is 0 Å². The van der Waals surface area contributed by atoms with E-state index in [2.05, 4.69) is 20.9 Å². The van der Waals surface area contributed by atoms with Gasteiger partial charge in [-0.3, -0.25) is 14.9 Å². The molecule has 1 rings (SSSR count). The average molecular weight is 233 g/mol. The van der Waals surface area contributed by atoms with E-state index < -0.39 is 17.3 Å². The first-order valence-corrected chi connectivity index (χ1v) is 3.88. The molecule has 0 spiro atoms. The first-order valence-electron chi connectivity index (χ1n) is 3.08. The molecule has 0 unspecified atom stereocenters. The summed E-state index contributed by atoms with van der Waals surface area (Å²) in [4.78, 5) is 22.9. The fourth-order valence-corrected chi connectivity index (χ4v) is 1.07. The highest BCUT2D eigenvalue weighted by molar-refractivity contribution is 9.10. The number of rotatable bonds is 3. The van der Waals surface area contributed by atoms with Gasteiger partial charge in [-0.2, -0.15) is 0 Å². The molecule has 0 aliphatic carbocycles. The number of halogens is 1. The molecule has 0 atom stereocenters. The molecule has 0 aliphatic rings. The number of carbonyl (C=O) groups is 1. The summed E-state index contributed by atoms with van der Waals surface area (Å²) >= 11 is 3.11. The Kier molecular flexibility index (Phi) is 2.59. The Labute approximate surface area is 76.1 Å². The summed E-state index contributed by atoms with van der Waals surface area (Å²) in [5.74, 6) is -0.522. The summed E-state index contributed by atoms with van der Waals surface area (Å²) in [6, 6.07) is 1.51. The number of ketones is 1. The first-order chi connectivity index (χ1) is 5.59. The second-order valence-corrected chi connectivity index (χ2v) is 3.06. The normalized spacial score (nSPS) is 9.75. The van der Waals surface area contributed by atoms with Gasteiger partial charge in [-0.25, -0.2) is 0 Å². The third kappa shape index (κ3) is 2.16. The molecule has 0 saturated carbocycles. The molecule has 0 saturated heterocycles. The van der Waals surface area contributed by atoms with Crippen LogP contribution >= 0.6 is 15.9 Å². The van der Waals surface area contributed by atoms with Crippen LogP contribution in [-0.4, -0.2) is 22.2 Å². The van der Waals surface area contributed by atoms with Crippen LogP contribution in [0.2, 0.25) is 0 Å². The lowest BCUT2D eigenvalue weighted by molar-refractivity contribution is -0.465. The number of hydrogen-bond donors (Lipinski definition) is 1. The van der Waals surface area contributed by atoms with Crippen LogP contribution in [0.25, 0.3) is 0 Å². The Balaban J connectivity index is 2.72. The molecule has 5 nitrogen and oxygen atoms in total. The van der Waals surface area contributed by atoms with E-state index >= 15 is 0 Å². The summed E-state index contributed by atoms with van der Waals surface area (Å²) in [6.45, 7) is -0.674. The molecule has 6 heteroatoms. The summed E-state index contributed by atoms with van der Waals surface area (Å²) < 4.78 is 0.703. The Bertz CT molecular complexity index is 320. The third-order valence-corrected chi connectivity index (χ3v) is 1.68. The largest absolute Gasteiger partial charge is 0.357 e. The third-order valence-electron chi connectivity index (χ3n) is 1.22. The number of nitrogens with one attached hydrogen (secondary N) is 1. The topological polar surface area (TPSA) is 76.0 Å². The zero-order chi connectivity index (χ0) is 9.14. The zero-order valence-corrected chi connectivity index (χ0v) is 7.50. The van der Waals surface area contributed by atoms with Crippen LogP contribution < -0.4 is 0 Å². The van der Waals surface area contributed by atoms with Crippen molar-refractivity contribution in [2.75, 3.05) is 6.54 Å². The molecule has 1 heterocycles. The zero-order valence-electron chi connectivity index (χ0n) is 5.91. The minimum atomic E-state index is -0.674. The highest BCUT2D eigenvalue weighted by Crippen LogP contribution is 2.10. The maximum atomic E-state index is 11.0. The van der Waals surface area contributed by atoms with Crippen LogP contribution in [0.15, 0.2) is 16.7 Å². The number of aromatic amines is 1. The number of nitro groups is 1. The van der Waals surface area contributed by atoms with E-state index in [1.54, 1.807) is 6.20 Å². The second-order valence-electron chi connectivity index (χ2n) is 2.15. The number of carbonyl (C=O) groups excluding carboxylic acids is 1. The summed E-state index contributed by atoms with van der Waals surface area (Å²) in [5.41, 5.74) is 0.249. The van der Waals surface area contributed by atoms with Crippen molar-refractivity contribution in [3.8, 4) is 0 Å². The molecule has 0 bridgehead atoms. The molecular weight excluding hydrogens is 228 g/mol. The molecule has 0 fully saturated rings. The van der Waals surface area contributed by atoms with Crippen molar-refractivity contribution < 1.29 is 9.72 Å². The fraction of sp³-hybridized carbons (Fsp3) is 0.167. The predicted octanol–water partition coefficient (Wildman–Crippen LogP) is 1.24. The lowest BCUT2D eigenvalue weighted by Gasteiger charge is -1.89. The lowest BCUT2D eigenvalue weighted by Crippen LogP contribution is -2.13. The van der Waals surface area contributed by atoms with E-state index in [-0.39, 0.29) is 5.69 Å². The molecule has 1 N–H and O–H groups in total. The number of aromatic nitrogens is 1. The van der Waals surface area contributed by atoms with Crippen LogP contribution in [0.1, 0.15) is 10.5 Å². The van der Waals surface area contributed by atoms with Gasteiger partial charge in [0.1, 0.15) is 0 Å². The maximum absolute atomic E-state index is 11.0. The van der Waals surface area contributed by atoms with Gasteiger partial charge in [-0.1, -0.05) is 0 Å². The van der Waals surface area contributed by atoms with Gasteiger partial charge in [0.2, 0.25) is 5.78 Å². The highest BCUT2D eigenvalue weighted by Gasteiger charge is 2.13. The monoisotopic (exact) mass is 232 g/mol. The van der Waals surface area contributed by atoms with Crippen molar-refractivity contribution in [3.63, 3.8) is 0 Å². The van der Waals surface area contributed by atoms with Crippen LogP contribution in [0.5, 0.6) is 0 Å². The van der Waals surface area contributed by atoms with E-state index in [9.17, 15) is 14.9 Å². The standard InChI is InChI=1S/C6H5BrN2O3/c7-4-1-5(8-2-4)6(10)3-9(11)12/h1-2,8H,3H2. The van der Waals surface area contributed by atoms with Crippen molar-refractivity contribution in [2.45, 2.75) is 0 Å². The van der Waals surface area contributed by atoms with Gasteiger partial charge in [0.05, 0.1) is 5.69 Å². The number of nitrogens with zero attached hydrogens (tertiary/aromatic N) is 1. The lowest BCUT2D eigenvalue weighted by atomic mass is 10.3. The Hall–Kier alpha value is -1.17. The van der Waals surface area contributed by atoms with Crippen molar-refractivity contribution in [1.29, 1.82) is 0 Å². The van der Waals surface area contributed by atoms with Crippen molar-refractivity contribution in [3.05, 3.63) is 32.5 Å². The van der Waals surface area contributed by atoms with Gasteiger partial charge >= 0.3 is 0 Å². The number of hydrogen-bond acceptors (Lipinski definition) is 3. The number of H-pyrrole nitrogens is 1. The van der Waals surface area contributed by atoms with Gasteiger partial charge < -0.3 is 4.98 Å². The molecule has 12 heavy (non-hydrogen) atoms. The predicted molar refractivity (Wildman–Crippen MR) is 44.7 cm³/mol. The van der Waals surface area contributed by atoms with Gasteiger partial charge in [-0.15, -0.1) is 0 Å². The molecule has 0 aliphatic heterocycles. The minimum absolute atomic E-state index is 0.249. The molecule has 0 aromatic carbocycles. The second kappa shape index (κ2) is 3.48. The Morgan fingerprint density at radius 3 is 2.83 bits per heavy atom. The molecule has 0 radical (unpaired) electrons. The van der Waals surface area contributed by atoms with Crippen LogP contribution in [0, 0.1) is 10.1 Å². The van der Waals surface area contributed by atoms with E-state index in [1.165, 1.54) is 6.07 Å². The molecule has 1 aromatic heterocycles. The van der Waals surface area contributed by atoms with E-state index in [0.29, 0.717) is 4.47 Å². The maximum Gasteiger partial charge on any atom is 0.267 e. The van der Waals surface area contributed by atoms with Crippen LogP contribution in [0.3, 0.4) is 0 Å². The first kappa shape index (κ1) is 8.92. The van der Waals surface area contributed by atoms with Crippen molar-refractivity contribution in [1.82, 2.24) is 4.98 Å². The quantitative estimate of drug-likeness (QED) is 0.484. The van der Waals surface area contributed by atoms with E-state index in [4.69, 9.17) is 0 Å². The molecule has 1 aromatic rings. The van der Waals surface area contributed by atoms with Gasteiger partial charge in [-0.05, 0) is 22.0 Å². The van der Waals surface area contributed by atoms with Gasteiger partial charge in [0.25, 0.3) is 6.54 Å². The SMILES string of the molecule is O=C(C[N+](=O)[O-])c1cc(Br)c[nH]1. The Morgan fingerprint density at radius 1 is 1.75 bits per heavy atom. The van der Waals surface area contributed by atoms with Crippen LogP contribution in [-0.2, 0) is 0 Å². The van der Waals surface area contributed by atoms with Gasteiger partial charge in [0, 0.05) is 15.6 Å². The molecule has 0 amide bonds. The summed E-state index contributed by atoms with van der Waals surface area (Å²) in [5, 5.41) is 9.95. The van der Waals surface area contributed by atoms with Crippen LogP contribution in [0.4, 0.5) is 0 Å². The number of Topliss-reactive ketones (excluding diaryl/α,β-unsaturated/α-hetero) is 1. The molecular formula is C6H5BrN2O3. The Morgan fingerprint density at radius 2 is 2.42 bits per heavy atom.